The molecule has 1 amide bonds. The van der Waals surface area contributed by atoms with Crippen molar-refractivity contribution < 1.29 is 19.4 Å². The zero-order valence-corrected chi connectivity index (χ0v) is 14.8. The highest BCUT2D eigenvalue weighted by Gasteiger charge is 2.31. The van der Waals surface area contributed by atoms with Crippen LogP contribution in [0.4, 0.5) is 0 Å². The number of methoxy groups -OCH3 is 2. The molecule has 1 aliphatic heterocycles. The molecule has 8 nitrogen and oxygen atoms in total. The number of carbonyl (C=O) groups is 1. The van der Waals surface area contributed by atoms with Gasteiger partial charge in [0, 0.05) is 24.2 Å². The van der Waals surface area contributed by atoms with Gasteiger partial charge in [-0.3, -0.25) is 4.79 Å². The molecule has 1 aromatic carbocycles. The molecule has 0 saturated carbocycles. The number of nitrogens with one attached hydrogen (secondary N) is 2. The molecule has 0 radical (unpaired) electrons. The maximum Gasteiger partial charge on any atom is 0.251 e. The van der Waals surface area contributed by atoms with Gasteiger partial charge in [-0.05, 0) is 25.1 Å². The molecule has 0 bridgehead atoms. The normalized spacial score (nSPS) is 19.2. The van der Waals surface area contributed by atoms with E-state index in [4.69, 9.17) is 9.47 Å². The van der Waals surface area contributed by atoms with Crippen molar-refractivity contribution in [3.8, 4) is 23.1 Å². The Labute approximate surface area is 151 Å². The largest absolute Gasteiger partial charge is 0.481 e. The fraction of sp³-hybridized carbons (Fsp3) is 0.389. The SMILES string of the molecule is COc1cc(OC)nc(-c2ccc(C(=O)NC[C@]3(O)CCNC3)cc2)n1. The lowest BCUT2D eigenvalue weighted by atomic mass is 10.0. The summed E-state index contributed by atoms with van der Waals surface area (Å²) in [6.45, 7) is 1.46. The molecule has 1 saturated heterocycles. The van der Waals surface area contributed by atoms with E-state index in [-0.39, 0.29) is 12.5 Å². The van der Waals surface area contributed by atoms with E-state index in [0.29, 0.717) is 36.1 Å². The Bertz CT molecular complexity index is 751. The second-order valence-electron chi connectivity index (χ2n) is 6.19. The van der Waals surface area contributed by atoms with Crippen molar-refractivity contribution in [1.29, 1.82) is 0 Å². The van der Waals surface area contributed by atoms with Crippen LogP contribution in [0.15, 0.2) is 30.3 Å². The summed E-state index contributed by atoms with van der Waals surface area (Å²) in [4.78, 5) is 20.9. The Morgan fingerprint density at radius 2 is 1.88 bits per heavy atom. The van der Waals surface area contributed by atoms with E-state index >= 15 is 0 Å². The first-order valence-corrected chi connectivity index (χ1v) is 8.32. The Kier molecular flexibility index (Phi) is 5.34. The summed E-state index contributed by atoms with van der Waals surface area (Å²) in [6, 6.07) is 8.49. The van der Waals surface area contributed by atoms with Crippen LogP contribution in [-0.2, 0) is 0 Å². The van der Waals surface area contributed by atoms with Crippen LogP contribution in [0.25, 0.3) is 11.4 Å². The Morgan fingerprint density at radius 1 is 1.23 bits per heavy atom. The summed E-state index contributed by atoms with van der Waals surface area (Å²) in [5.41, 5.74) is 0.358. The van der Waals surface area contributed by atoms with E-state index in [0.717, 1.165) is 12.1 Å². The zero-order valence-electron chi connectivity index (χ0n) is 14.8. The second kappa shape index (κ2) is 7.67. The van der Waals surface area contributed by atoms with Gasteiger partial charge in [0.2, 0.25) is 11.8 Å². The number of hydrogen-bond donors (Lipinski definition) is 3. The van der Waals surface area contributed by atoms with Gasteiger partial charge in [-0.1, -0.05) is 12.1 Å². The van der Waals surface area contributed by atoms with Gasteiger partial charge < -0.3 is 25.2 Å². The summed E-state index contributed by atoms with van der Waals surface area (Å²) in [7, 11) is 3.04. The molecule has 26 heavy (non-hydrogen) atoms. The van der Waals surface area contributed by atoms with Gasteiger partial charge in [0.15, 0.2) is 5.82 Å². The first kappa shape index (κ1) is 18.1. The summed E-state index contributed by atoms with van der Waals surface area (Å²) in [5, 5.41) is 16.1. The Morgan fingerprint density at radius 3 is 2.42 bits per heavy atom. The fourth-order valence-corrected chi connectivity index (χ4v) is 2.74. The maximum atomic E-state index is 12.3. The molecule has 0 unspecified atom stereocenters. The van der Waals surface area contributed by atoms with Gasteiger partial charge in [0.25, 0.3) is 5.91 Å². The van der Waals surface area contributed by atoms with Gasteiger partial charge in [-0.25, -0.2) is 0 Å². The third kappa shape index (κ3) is 4.09. The van der Waals surface area contributed by atoms with E-state index < -0.39 is 5.60 Å². The minimum atomic E-state index is -0.874. The molecule has 0 aliphatic carbocycles. The number of benzene rings is 1. The quantitative estimate of drug-likeness (QED) is 0.695. The molecule has 1 atom stereocenters. The molecule has 1 aromatic heterocycles. The average Bonchev–Trinajstić information content (AvgIpc) is 3.12. The van der Waals surface area contributed by atoms with E-state index in [9.17, 15) is 9.90 Å². The molecular formula is C18H22N4O4. The van der Waals surface area contributed by atoms with Crippen LogP contribution in [0.5, 0.6) is 11.8 Å². The van der Waals surface area contributed by atoms with Crippen LogP contribution in [0.2, 0.25) is 0 Å². The van der Waals surface area contributed by atoms with Gasteiger partial charge in [0.05, 0.1) is 25.9 Å². The number of ether oxygens (including phenoxy) is 2. The van der Waals surface area contributed by atoms with Crippen LogP contribution in [0.1, 0.15) is 16.8 Å². The molecule has 3 rings (SSSR count). The van der Waals surface area contributed by atoms with Crippen molar-refractivity contribution in [2.75, 3.05) is 33.9 Å². The van der Waals surface area contributed by atoms with Gasteiger partial charge in [0.1, 0.15) is 0 Å². The lowest BCUT2D eigenvalue weighted by molar-refractivity contribution is 0.0562. The first-order chi connectivity index (χ1) is 12.5. The molecule has 3 N–H and O–H groups in total. The third-order valence-corrected chi connectivity index (χ3v) is 4.30. The number of aliphatic hydroxyl groups is 1. The Balaban J connectivity index is 1.71. The molecule has 138 valence electrons. The van der Waals surface area contributed by atoms with E-state index in [1.807, 2.05) is 0 Å². The molecule has 1 fully saturated rings. The first-order valence-electron chi connectivity index (χ1n) is 8.32. The number of carbonyl (C=O) groups excluding carboxylic acids is 1. The van der Waals surface area contributed by atoms with Gasteiger partial charge in [-0.15, -0.1) is 0 Å². The average molecular weight is 358 g/mol. The van der Waals surface area contributed by atoms with Crippen LogP contribution >= 0.6 is 0 Å². The van der Waals surface area contributed by atoms with Crippen molar-refractivity contribution in [2.45, 2.75) is 12.0 Å². The molecule has 2 aromatic rings. The van der Waals surface area contributed by atoms with Gasteiger partial charge >= 0.3 is 0 Å². The summed E-state index contributed by atoms with van der Waals surface area (Å²) in [5.74, 6) is 1.000. The molecule has 2 heterocycles. The minimum absolute atomic E-state index is 0.219. The number of β-amino-alcohol motifs (C(OH)–C–C–N with tert-alkyl or cyclic N) is 1. The Hall–Kier alpha value is -2.71. The standard InChI is InChI=1S/C18H22N4O4/c1-25-14-9-15(26-2)22-16(21-14)12-3-5-13(6-4-12)17(23)20-11-18(24)7-8-19-10-18/h3-6,9,19,24H,7-8,10-11H2,1-2H3,(H,20,23)/t18-/m0/s1. The van der Waals surface area contributed by atoms with Crippen LogP contribution < -0.4 is 20.1 Å². The van der Waals surface area contributed by atoms with Crippen LogP contribution in [0.3, 0.4) is 0 Å². The molecule has 8 heteroatoms. The maximum absolute atomic E-state index is 12.3. The fourth-order valence-electron chi connectivity index (χ4n) is 2.74. The lowest BCUT2D eigenvalue weighted by Crippen LogP contribution is -2.44. The van der Waals surface area contributed by atoms with Crippen molar-refractivity contribution in [2.24, 2.45) is 0 Å². The van der Waals surface area contributed by atoms with E-state index in [1.165, 1.54) is 14.2 Å². The van der Waals surface area contributed by atoms with E-state index in [1.54, 1.807) is 30.3 Å². The molecule has 1 aliphatic rings. The monoisotopic (exact) mass is 358 g/mol. The third-order valence-electron chi connectivity index (χ3n) is 4.30. The number of aromatic nitrogens is 2. The summed E-state index contributed by atoms with van der Waals surface area (Å²) < 4.78 is 10.3. The number of hydrogen-bond acceptors (Lipinski definition) is 7. The highest BCUT2D eigenvalue weighted by molar-refractivity contribution is 5.94. The number of amides is 1. The topological polar surface area (TPSA) is 106 Å². The van der Waals surface area contributed by atoms with Crippen LogP contribution in [0, 0.1) is 0 Å². The molecular weight excluding hydrogens is 336 g/mol. The zero-order chi connectivity index (χ0) is 18.6. The van der Waals surface area contributed by atoms with Crippen molar-refractivity contribution >= 4 is 5.91 Å². The van der Waals surface area contributed by atoms with E-state index in [2.05, 4.69) is 20.6 Å². The predicted molar refractivity (Wildman–Crippen MR) is 95.3 cm³/mol. The van der Waals surface area contributed by atoms with Gasteiger partial charge in [-0.2, -0.15) is 9.97 Å². The van der Waals surface area contributed by atoms with Crippen molar-refractivity contribution in [1.82, 2.24) is 20.6 Å². The second-order valence-corrected chi connectivity index (χ2v) is 6.19. The lowest BCUT2D eigenvalue weighted by Gasteiger charge is -2.21. The highest BCUT2D eigenvalue weighted by atomic mass is 16.5. The summed E-state index contributed by atoms with van der Waals surface area (Å²) in [6.07, 6.45) is 0.626. The highest BCUT2D eigenvalue weighted by Crippen LogP contribution is 2.23. The molecule has 0 spiro atoms. The van der Waals surface area contributed by atoms with Crippen molar-refractivity contribution in [3.63, 3.8) is 0 Å². The van der Waals surface area contributed by atoms with Crippen molar-refractivity contribution in [3.05, 3.63) is 35.9 Å². The summed E-state index contributed by atoms with van der Waals surface area (Å²) >= 11 is 0. The number of nitrogens with zero attached hydrogens (tertiary/aromatic N) is 2. The predicted octanol–water partition coefficient (Wildman–Crippen LogP) is 0.615. The minimum Gasteiger partial charge on any atom is -0.481 e. The van der Waals surface area contributed by atoms with Crippen LogP contribution in [-0.4, -0.2) is 60.4 Å². The number of rotatable bonds is 6. The smallest absolute Gasteiger partial charge is 0.251 e.